The second kappa shape index (κ2) is 9.09. The summed E-state index contributed by atoms with van der Waals surface area (Å²) < 4.78 is 5.06. The summed E-state index contributed by atoms with van der Waals surface area (Å²) in [5.74, 6) is -1.01. The molecule has 6 nitrogen and oxygen atoms in total. The number of hydrogen-bond acceptors (Lipinski definition) is 5. The Hall–Kier alpha value is -2.52. The van der Waals surface area contributed by atoms with Crippen LogP contribution in [-0.2, 0) is 14.3 Å². The van der Waals surface area contributed by atoms with Crippen molar-refractivity contribution < 1.29 is 14.3 Å². The smallest absolute Gasteiger partial charge is 0.310 e. The van der Waals surface area contributed by atoms with E-state index in [1.165, 1.54) is 6.20 Å². The van der Waals surface area contributed by atoms with Crippen molar-refractivity contribution in [3.63, 3.8) is 0 Å². The first kappa shape index (κ1) is 18.8. The summed E-state index contributed by atoms with van der Waals surface area (Å²) in [4.78, 5) is 26.0. The van der Waals surface area contributed by atoms with Gasteiger partial charge in [0.2, 0.25) is 0 Å². The number of carbonyl (C=O) groups is 2. The maximum atomic E-state index is 12.3. The van der Waals surface area contributed by atoms with Gasteiger partial charge in [0.15, 0.2) is 0 Å². The Balaban J connectivity index is 2.06. The van der Waals surface area contributed by atoms with Gasteiger partial charge in [-0.05, 0) is 31.9 Å². The Morgan fingerprint density at radius 2 is 2.24 bits per heavy atom. The average molecular weight is 362 g/mol. The molecular weight excluding hydrogens is 342 g/mol. The summed E-state index contributed by atoms with van der Waals surface area (Å²) in [6.07, 6.45) is 3.04. The topological polar surface area (TPSA) is 82.4 Å². The monoisotopic (exact) mass is 361 g/mol. The first-order valence-electron chi connectivity index (χ1n) is 8.13. The zero-order chi connectivity index (χ0) is 18.2. The summed E-state index contributed by atoms with van der Waals surface area (Å²) in [5, 5.41) is 12.3. The second-order valence-corrected chi connectivity index (χ2v) is 6.08. The molecule has 1 aromatic carbocycles. The maximum absolute atomic E-state index is 12.3. The first-order chi connectivity index (χ1) is 12.0. The molecule has 1 aliphatic rings. The standard InChI is InChI=1S/C18H20ClN3O3/c1-2-25-18(24)13-6-5-9-22(11-13)12-14(10-20)17(23)21-16-8-4-3-7-15(16)19/h3-4,7-8,12-13H,2,5-6,9,11H2,1H3,(H,21,23)/b14-12-. The number of hydrogen-bond donors (Lipinski definition) is 1. The molecule has 1 aromatic rings. The van der Waals surface area contributed by atoms with Crippen LogP contribution in [0.3, 0.4) is 0 Å². The molecule has 1 N–H and O–H groups in total. The van der Waals surface area contributed by atoms with E-state index in [-0.39, 0.29) is 17.5 Å². The molecule has 25 heavy (non-hydrogen) atoms. The van der Waals surface area contributed by atoms with Crippen LogP contribution >= 0.6 is 11.6 Å². The number of nitriles is 1. The molecule has 7 heteroatoms. The highest BCUT2D eigenvalue weighted by Crippen LogP contribution is 2.22. The third-order valence-electron chi connectivity index (χ3n) is 3.87. The number of rotatable bonds is 5. The Morgan fingerprint density at radius 1 is 1.48 bits per heavy atom. The molecule has 1 aliphatic heterocycles. The zero-order valence-electron chi connectivity index (χ0n) is 14.0. The van der Waals surface area contributed by atoms with Crippen molar-refractivity contribution in [2.24, 2.45) is 5.92 Å². The normalized spacial score (nSPS) is 17.6. The van der Waals surface area contributed by atoms with Crippen molar-refractivity contribution in [2.45, 2.75) is 19.8 Å². The quantitative estimate of drug-likeness (QED) is 0.495. The lowest BCUT2D eigenvalue weighted by atomic mass is 9.98. The molecule has 0 radical (unpaired) electrons. The average Bonchev–Trinajstić information content (AvgIpc) is 2.62. The number of para-hydroxylation sites is 1. The highest BCUT2D eigenvalue weighted by molar-refractivity contribution is 6.33. The van der Waals surface area contributed by atoms with Crippen molar-refractivity contribution >= 4 is 29.2 Å². The first-order valence-corrected chi connectivity index (χ1v) is 8.51. The van der Waals surface area contributed by atoms with E-state index in [1.807, 2.05) is 11.0 Å². The highest BCUT2D eigenvalue weighted by Gasteiger charge is 2.26. The Bertz CT molecular complexity index is 712. The van der Waals surface area contributed by atoms with Crippen molar-refractivity contribution in [2.75, 3.05) is 25.0 Å². The minimum atomic E-state index is -0.533. The van der Waals surface area contributed by atoms with Crippen LogP contribution in [0.4, 0.5) is 5.69 Å². The van der Waals surface area contributed by atoms with Gasteiger partial charge in [0, 0.05) is 19.3 Å². The second-order valence-electron chi connectivity index (χ2n) is 5.67. The molecule has 0 spiro atoms. The van der Waals surface area contributed by atoms with Crippen LogP contribution in [0, 0.1) is 17.2 Å². The number of carbonyl (C=O) groups excluding carboxylic acids is 2. The van der Waals surface area contributed by atoms with Gasteiger partial charge in [-0.1, -0.05) is 23.7 Å². The van der Waals surface area contributed by atoms with E-state index < -0.39 is 5.91 Å². The molecular formula is C18H20ClN3O3. The summed E-state index contributed by atoms with van der Waals surface area (Å²) in [5.41, 5.74) is 0.405. The summed E-state index contributed by atoms with van der Waals surface area (Å²) in [7, 11) is 0. The number of anilines is 1. The minimum Gasteiger partial charge on any atom is -0.466 e. The predicted molar refractivity (Wildman–Crippen MR) is 94.7 cm³/mol. The number of ether oxygens (including phenoxy) is 1. The van der Waals surface area contributed by atoms with Crippen LogP contribution in [-0.4, -0.2) is 36.5 Å². The van der Waals surface area contributed by atoms with Gasteiger partial charge >= 0.3 is 5.97 Å². The largest absolute Gasteiger partial charge is 0.466 e. The number of likely N-dealkylation sites (tertiary alicyclic amines) is 1. The number of nitrogens with one attached hydrogen (secondary N) is 1. The highest BCUT2D eigenvalue weighted by atomic mass is 35.5. The fraction of sp³-hybridized carbons (Fsp3) is 0.389. The van der Waals surface area contributed by atoms with Gasteiger partial charge in [0.25, 0.3) is 5.91 Å². The lowest BCUT2D eigenvalue weighted by molar-refractivity contribution is -0.149. The van der Waals surface area contributed by atoms with Gasteiger partial charge < -0.3 is 15.0 Å². The van der Waals surface area contributed by atoms with E-state index in [0.29, 0.717) is 30.4 Å². The number of nitrogens with zero attached hydrogens (tertiary/aromatic N) is 2. The van der Waals surface area contributed by atoms with Crippen molar-refractivity contribution in [1.29, 1.82) is 5.26 Å². The number of amides is 1. The van der Waals surface area contributed by atoms with Gasteiger partial charge in [-0.25, -0.2) is 0 Å². The van der Waals surface area contributed by atoms with E-state index in [9.17, 15) is 14.9 Å². The molecule has 0 bridgehead atoms. The predicted octanol–water partition coefficient (Wildman–Crippen LogP) is 2.96. The summed E-state index contributed by atoms with van der Waals surface area (Å²) in [6, 6.07) is 8.71. The fourth-order valence-corrected chi connectivity index (χ4v) is 2.83. The molecule has 2 rings (SSSR count). The van der Waals surface area contributed by atoms with E-state index in [4.69, 9.17) is 16.3 Å². The van der Waals surface area contributed by atoms with Crippen LogP contribution in [0.25, 0.3) is 0 Å². The van der Waals surface area contributed by atoms with Crippen LogP contribution in [0.2, 0.25) is 5.02 Å². The van der Waals surface area contributed by atoms with Gasteiger partial charge in [0.05, 0.1) is 23.2 Å². The van der Waals surface area contributed by atoms with E-state index >= 15 is 0 Å². The Morgan fingerprint density at radius 3 is 2.92 bits per heavy atom. The number of piperidine rings is 1. The van der Waals surface area contributed by atoms with Crippen LogP contribution in [0.5, 0.6) is 0 Å². The number of halogens is 1. The lowest BCUT2D eigenvalue weighted by Crippen LogP contribution is -2.37. The molecule has 0 saturated carbocycles. The SMILES string of the molecule is CCOC(=O)C1CCCN(/C=C(/C#N)C(=O)Nc2ccccc2Cl)C1. The third-order valence-corrected chi connectivity index (χ3v) is 4.20. The minimum absolute atomic E-state index is 0.0376. The summed E-state index contributed by atoms with van der Waals surface area (Å²) >= 11 is 6.01. The van der Waals surface area contributed by atoms with Crippen molar-refractivity contribution in [1.82, 2.24) is 4.90 Å². The molecule has 1 saturated heterocycles. The van der Waals surface area contributed by atoms with Gasteiger partial charge in [-0.15, -0.1) is 0 Å². The number of benzene rings is 1. The molecule has 1 unspecified atom stereocenters. The number of esters is 1. The Labute approximate surface area is 152 Å². The van der Waals surface area contributed by atoms with Crippen LogP contribution in [0.1, 0.15) is 19.8 Å². The third kappa shape index (κ3) is 5.23. The van der Waals surface area contributed by atoms with Crippen LogP contribution in [0.15, 0.2) is 36.0 Å². The van der Waals surface area contributed by atoms with Gasteiger partial charge in [0.1, 0.15) is 11.6 Å². The molecule has 0 aliphatic carbocycles. The summed E-state index contributed by atoms with van der Waals surface area (Å²) in [6.45, 7) is 3.23. The Kier molecular flexibility index (Phi) is 6.84. The van der Waals surface area contributed by atoms with Crippen LogP contribution < -0.4 is 5.32 Å². The molecule has 0 aromatic heterocycles. The van der Waals surface area contributed by atoms with Gasteiger partial charge in [-0.2, -0.15) is 5.26 Å². The van der Waals surface area contributed by atoms with E-state index in [0.717, 1.165) is 12.8 Å². The molecule has 1 heterocycles. The molecule has 1 amide bonds. The molecule has 1 fully saturated rings. The fourth-order valence-electron chi connectivity index (χ4n) is 2.65. The van der Waals surface area contributed by atoms with E-state index in [2.05, 4.69) is 5.32 Å². The maximum Gasteiger partial charge on any atom is 0.310 e. The van der Waals surface area contributed by atoms with Gasteiger partial charge in [-0.3, -0.25) is 9.59 Å². The van der Waals surface area contributed by atoms with Crippen molar-refractivity contribution in [3.8, 4) is 6.07 Å². The zero-order valence-corrected chi connectivity index (χ0v) is 14.8. The van der Waals surface area contributed by atoms with Crippen molar-refractivity contribution in [3.05, 3.63) is 41.1 Å². The van der Waals surface area contributed by atoms with E-state index in [1.54, 1.807) is 31.2 Å². The molecule has 132 valence electrons. The molecule has 1 atom stereocenters. The lowest BCUT2D eigenvalue weighted by Gasteiger charge is -2.30.